The fraction of sp³-hybridized carbons (Fsp3) is 0.312. The molecule has 0 fully saturated rings. The molecule has 1 atom stereocenters. The van der Waals surface area contributed by atoms with Crippen LogP contribution in [0.1, 0.15) is 30.5 Å². The van der Waals surface area contributed by atoms with Gasteiger partial charge in [0.25, 0.3) is 0 Å². The molecule has 0 bridgehead atoms. The van der Waals surface area contributed by atoms with Gasteiger partial charge in [0.15, 0.2) is 0 Å². The largest absolute Gasteiger partial charge is 0.496 e. The maximum atomic E-state index is 12.0. The van der Waals surface area contributed by atoms with Crippen molar-refractivity contribution >= 4 is 17.2 Å². The first-order chi connectivity index (χ1) is 9.70. The molecule has 0 saturated carbocycles. The lowest BCUT2D eigenvalue weighted by Crippen LogP contribution is -2.27. The van der Waals surface area contributed by atoms with Crippen LogP contribution in [0.5, 0.6) is 5.75 Å². The molecular weight excluding hydrogens is 270 g/mol. The van der Waals surface area contributed by atoms with E-state index in [0.717, 1.165) is 17.7 Å². The summed E-state index contributed by atoms with van der Waals surface area (Å²) in [5.41, 5.74) is 2.22. The zero-order chi connectivity index (χ0) is 14.4. The molecule has 1 amide bonds. The zero-order valence-corrected chi connectivity index (χ0v) is 12.6. The number of aryl methyl sites for hydroxylation is 1. The molecule has 4 heteroatoms. The number of rotatable bonds is 6. The van der Waals surface area contributed by atoms with Crippen LogP contribution in [-0.2, 0) is 11.2 Å². The summed E-state index contributed by atoms with van der Waals surface area (Å²) in [6, 6.07) is 9.76. The van der Waals surface area contributed by atoms with Crippen LogP contribution in [-0.4, -0.2) is 13.0 Å². The van der Waals surface area contributed by atoms with E-state index in [0.29, 0.717) is 6.42 Å². The molecule has 2 rings (SSSR count). The maximum Gasteiger partial charge on any atom is 0.220 e. The Labute approximate surface area is 123 Å². The molecule has 1 heterocycles. The van der Waals surface area contributed by atoms with Crippen molar-refractivity contribution in [2.75, 3.05) is 7.11 Å². The fourth-order valence-electron chi connectivity index (χ4n) is 2.11. The van der Waals surface area contributed by atoms with Crippen molar-refractivity contribution in [3.05, 3.63) is 52.2 Å². The number of benzene rings is 1. The summed E-state index contributed by atoms with van der Waals surface area (Å²) in [5, 5.41) is 7.13. The predicted octanol–water partition coefficient (Wildman–Crippen LogP) is 3.57. The van der Waals surface area contributed by atoms with Crippen LogP contribution >= 0.6 is 11.3 Å². The second-order valence-corrected chi connectivity index (χ2v) is 5.44. The number of amides is 1. The highest BCUT2D eigenvalue weighted by atomic mass is 32.1. The van der Waals surface area contributed by atoms with Gasteiger partial charge >= 0.3 is 0 Å². The normalized spacial score (nSPS) is 11.9. The highest BCUT2D eigenvalue weighted by Gasteiger charge is 2.13. The first-order valence-electron chi connectivity index (χ1n) is 6.64. The Morgan fingerprint density at radius 2 is 2.15 bits per heavy atom. The number of carbonyl (C=O) groups excluding carboxylic acids is 1. The molecule has 0 radical (unpaired) electrons. The molecule has 0 spiro atoms. The summed E-state index contributed by atoms with van der Waals surface area (Å²) in [7, 11) is 1.64. The van der Waals surface area contributed by atoms with E-state index in [9.17, 15) is 4.79 Å². The van der Waals surface area contributed by atoms with E-state index in [2.05, 4.69) is 16.8 Å². The monoisotopic (exact) mass is 289 g/mol. The van der Waals surface area contributed by atoms with E-state index < -0.39 is 0 Å². The first kappa shape index (κ1) is 14.6. The SMILES string of the molecule is COc1ccccc1[C@@H](C)NC(=O)CCc1ccsc1. The van der Waals surface area contributed by atoms with Crippen molar-refractivity contribution < 1.29 is 9.53 Å². The van der Waals surface area contributed by atoms with Gasteiger partial charge < -0.3 is 10.1 Å². The zero-order valence-electron chi connectivity index (χ0n) is 11.8. The number of thiophene rings is 1. The highest BCUT2D eigenvalue weighted by Crippen LogP contribution is 2.24. The van der Waals surface area contributed by atoms with Crippen LogP contribution in [0.25, 0.3) is 0 Å². The lowest BCUT2D eigenvalue weighted by molar-refractivity contribution is -0.121. The Kier molecular flexibility index (Phi) is 5.18. The number of hydrogen-bond donors (Lipinski definition) is 1. The number of nitrogens with one attached hydrogen (secondary N) is 1. The smallest absolute Gasteiger partial charge is 0.220 e. The average Bonchev–Trinajstić information content (AvgIpc) is 2.98. The molecule has 1 aromatic heterocycles. The number of hydrogen-bond acceptors (Lipinski definition) is 3. The Balaban J connectivity index is 1.90. The lowest BCUT2D eigenvalue weighted by Gasteiger charge is -2.17. The third-order valence-electron chi connectivity index (χ3n) is 3.20. The number of para-hydroxylation sites is 1. The number of ether oxygens (including phenoxy) is 1. The summed E-state index contributed by atoms with van der Waals surface area (Å²) in [5.74, 6) is 0.868. The molecule has 2 aromatic rings. The van der Waals surface area contributed by atoms with Crippen LogP contribution in [0, 0.1) is 0 Å². The van der Waals surface area contributed by atoms with Gasteiger partial charge in [0.2, 0.25) is 5.91 Å². The van der Waals surface area contributed by atoms with Crippen molar-refractivity contribution in [1.82, 2.24) is 5.32 Å². The standard InChI is InChI=1S/C16H19NO2S/c1-12(14-5-3-4-6-15(14)19-2)17-16(18)8-7-13-9-10-20-11-13/h3-6,9-12H,7-8H2,1-2H3,(H,17,18)/t12-/m1/s1. The summed E-state index contributed by atoms with van der Waals surface area (Å²) in [6.07, 6.45) is 1.30. The predicted molar refractivity (Wildman–Crippen MR) is 82.2 cm³/mol. The van der Waals surface area contributed by atoms with E-state index in [1.54, 1.807) is 18.4 Å². The summed E-state index contributed by atoms with van der Waals surface area (Å²) >= 11 is 1.66. The van der Waals surface area contributed by atoms with Crippen LogP contribution in [0.3, 0.4) is 0 Å². The lowest BCUT2D eigenvalue weighted by atomic mass is 10.1. The van der Waals surface area contributed by atoms with Crippen molar-refractivity contribution in [3.63, 3.8) is 0 Å². The molecule has 0 aliphatic carbocycles. The molecule has 0 aliphatic heterocycles. The van der Waals surface area contributed by atoms with E-state index in [4.69, 9.17) is 4.74 Å². The number of carbonyl (C=O) groups is 1. The van der Waals surface area contributed by atoms with Gasteiger partial charge in [-0.1, -0.05) is 18.2 Å². The van der Waals surface area contributed by atoms with E-state index in [-0.39, 0.29) is 11.9 Å². The second-order valence-electron chi connectivity index (χ2n) is 4.66. The van der Waals surface area contributed by atoms with Crippen molar-refractivity contribution in [2.45, 2.75) is 25.8 Å². The Hall–Kier alpha value is -1.81. The molecule has 3 nitrogen and oxygen atoms in total. The molecule has 0 aliphatic rings. The Morgan fingerprint density at radius 3 is 2.85 bits per heavy atom. The van der Waals surface area contributed by atoms with Crippen LogP contribution < -0.4 is 10.1 Å². The molecule has 1 aromatic carbocycles. The second kappa shape index (κ2) is 7.10. The topological polar surface area (TPSA) is 38.3 Å². The quantitative estimate of drug-likeness (QED) is 0.883. The van der Waals surface area contributed by atoms with Crippen LogP contribution in [0.4, 0.5) is 0 Å². The summed E-state index contributed by atoms with van der Waals surface area (Å²) in [6.45, 7) is 1.97. The average molecular weight is 289 g/mol. The van der Waals surface area contributed by atoms with Crippen LogP contribution in [0.2, 0.25) is 0 Å². The molecule has 20 heavy (non-hydrogen) atoms. The van der Waals surface area contributed by atoms with Crippen molar-refractivity contribution in [3.8, 4) is 5.75 Å². The number of methoxy groups -OCH3 is 1. The van der Waals surface area contributed by atoms with E-state index >= 15 is 0 Å². The maximum absolute atomic E-state index is 12.0. The van der Waals surface area contributed by atoms with Crippen LogP contribution in [0.15, 0.2) is 41.1 Å². The third kappa shape index (κ3) is 3.84. The summed E-state index contributed by atoms with van der Waals surface area (Å²) < 4.78 is 5.32. The Bertz CT molecular complexity index is 551. The van der Waals surface area contributed by atoms with Gasteiger partial charge in [-0.2, -0.15) is 11.3 Å². The Morgan fingerprint density at radius 1 is 1.35 bits per heavy atom. The van der Waals surface area contributed by atoms with Gasteiger partial charge in [-0.05, 0) is 41.8 Å². The van der Waals surface area contributed by atoms with Gasteiger partial charge in [-0.15, -0.1) is 0 Å². The third-order valence-corrected chi connectivity index (χ3v) is 3.94. The van der Waals surface area contributed by atoms with Crippen molar-refractivity contribution in [1.29, 1.82) is 0 Å². The minimum Gasteiger partial charge on any atom is -0.496 e. The van der Waals surface area contributed by atoms with Gasteiger partial charge in [-0.25, -0.2) is 0 Å². The van der Waals surface area contributed by atoms with E-state index in [1.807, 2.05) is 36.6 Å². The molecule has 0 saturated heterocycles. The molecular formula is C16H19NO2S. The van der Waals surface area contributed by atoms with Gasteiger partial charge in [-0.3, -0.25) is 4.79 Å². The van der Waals surface area contributed by atoms with Crippen molar-refractivity contribution in [2.24, 2.45) is 0 Å². The minimum absolute atomic E-state index is 0.0545. The molecule has 106 valence electrons. The first-order valence-corrected chi connectivity index (χ1v) is 7.58. The minimum atomic E-state index is -0.0545. The van der Waals surface area contributed by atoms with E-state index in [1.165, 1.54) is 5.56 Å². The highest BCUT2D eigenvalue weighted by molar-refractivity contribution is 7.07. The fourth-order valence-corrected chi connectivity index (χ4v) is 2.81. The van der Waals surface area contributed by atoms with Gasteiger partial charge in [0.1, 0.15) is 5.75 Å². The van der Waals surface area contributed by atoms with Gasteiger partial charge in [0.05, 0.1) is 13.2 Å². The molecule has 1 N–H and O–H groups in total. The molecule has 0 unspecified atom stereocenters. The van der Waals surface area contributed by atoms with Gasteiger partial charge in [0, 0.05) is 12.0 Å². The summed E-state index contributed by atoms with van der Waals surface area (Å²) in [4.78, 5) is 12.0.